The number of ether oxygens (including phenoxy) is 1. The molecule has 1 aromatic heterocycles. The van der Waals surface area contributed by atoms with Gasteiger partial charge in [0, 0.05) is 52.1 Å². The predicted molar refractivity (Wildman–Crippen MR) is 107 cm³/mol. The Kier molecular flexibility index (Phi) is 9.91. The van der Waals surface area contributed by atoms with Crippen molar-refractivity contribution >= 4 is 5.96 Å². The SMILES string of the molecule is CCNC(=NCCC(OCC)C(C)C)NCCC(O)(c1nccn1C)C(F)(F)F. The van der Waals surface area contributed by atoms with Crippen molar-refractivity contribution in [1.82, 2.24) is 20.2 Å². The van der Waals surface area contributed by atoms with E-state index in [1.165, 1.54) is 24.0 Å². The minimum absolute atomic E-state index is 0.0744. The summed E-state index contributed by atoms with van der Waals surface area (Å²) in [4.78, 5) is 8.11. The summed E-state index contributed by atoms with van der Waals surface area (Å²) in [5.41, 5.74) is -3.05. The van der Waals surface area contributed by atoms with Crippen LogP contribution in [0.4, 0.5) is 13.2 Å². The van der Waals surface area contributed by atoms with Crippen molar-refractivity contribution in [3.8, 4) is 0 Å². The Balaban J connectivity index is 2.75. The summed E-state index contributed by atoms with van der Waals surface area (Å²) >= 11 is 0. The summed E-state index contributed by atoms with van der Waals surface area (Å²) in [6, 6.07) is 0. The van der Waals surface area contributed by atoms with Crippen molar-refractivity contribution in [1.29, 1.82) is 0 Å². The van der Waals surface area contributed by atoms with Gasteiger partial charge in [-0.2, -0.15) is 13.2 Å². The second-order valence-corrected chi connectivity index (χ2v) is 7.18. The minimum Gasteiger partial charge on any atom is -0.378 e. The smallest absolute Gasteiger partial charge is 0.378 e. The van der Waals surface area contributed by atoms with Crippen LogP contribution >= 0.6 is 0 Å². The second-order valence-electron chi connectivity index (χ2n) is 7.18. The topological polar surface area (TPSA) is 83.7 Å². The number of alkyl halides is 3. The van der Waals surface area contributed by atoms with Crippen LogP contribution in [0.2, 0.25) is 0 Å². The molecule has 1 aromatic rings. The molecule has 0 fully saturated rings. The molecule has 0 amide bonds. The highest BCUT2D eigenvalue weighted by Gasteiger charge is 2.57. The maximum atomic E-state index is 13.6. The molecule has 168 valence electrons. The fraction of sp³-hybridized carbons (Fsp3) is 0.789. The van der Waals surface area contributed by atoms with Crippen molar-refractivity contribution in [2.45, 2.75) is 58.4 Å². The third-order valence-corrected chi connectivity index (χ3v) is 4.59. The van der Waals surface area contributed by atoms with Gasteiger partial charge in [0.05, 0.1) is 6.10 Å². The molecule has 2 atom stereocenters. The fourth-order valence-corrected chi connectivity index (χ4v) is 2.97. The first-order valence-electron chi connectivity index (χ1n) is 9.97. The minimum atomic E-state index is -4.86. The number of nitrogens with zero attached hydrogens (tertiary/aromatic N) is 3. The lowest BCUT2D eigenvalue weighted by Gasteiger charge is -2.30. The third kappa shape index (κ3) is 7.18. The number of nitrogens with one attached hydrogen (secondary N) is 2. The Morgan fingerprint density at radius 3 is 2.48 bits per heavy atom. The first kappa shape index (κ1) is 25.2. The zero-order valence-corrected chi connectivity index (χ0v) is 17.9. The third-order valence-electron chi connectivity index (χ3n) is 4.59. The monoisotopic (exact) mass is 421 g/mol. The molecular formula is C19H34F3N5O2. The van der Waals surface area contributed by atoms with Crippen LogP contribution < -0.4 is 10.6 Å². The standard InChI is InChI=1S/C19H34F3N5O2/c1-6-23-17(25-10-8-15(14(3)4)29-7-2)26-11-9-18(28,19(20,21)22)16-24-12-13-27(16)5/h12-15,28H,6-11H2,1-5H3,(H2,23,25,26). The first-order chi connectivity index (χ1) is 13.6. The largest absolute Gasteiger partial charge is 0.424 e. The van der Waals surface area contributed by atoms with Crippen LogP contribution in [0.25, 0.3) is 0 Å². The Hall–Kier alpha value is -1.81. The predicted octanol–water partition coefficient (Wildman–Crippen LogP) is 2.57. The number of hydrogen-bond donors (Lipinski definition) is 3. The summed E-state index contributed by atoms with van der Waals surface area (Å²) in [5.74, 6) is 0.307. The number of hydrogen-bond acceptors (Lipinski definition) is 4. The average molecular weight is 422 g/mol. The zero-order chi connectivity index (χ0) is 22.1. The van der Waals surface area contributed by atoms with Gasteiger partial charge in [-0.05, 0) is 26.2 Å². The number of aliphatic imine (C=N–C) groups is 1. The van der Waals surface area contributed by atoms with E-state index in [1.807, 2.05) is 13.8 Å². The highest BCUT2D eigenvalue weighted by Crippen LogP contribution is 2.40. The van der Waals surface area contributed by atoms with Crippen LogP contribution in [0.5, 0.6) is 0 Å². The lowest BCUT2D eigenvalue weighted by molar-refractivity contribution is -0.272. The normalized spacial score (nSPS) is 16.0. The van der Waals surface area contributed by atoms with Crippen molar-refractivity contribution < 1.29 is 23.0 Å². The van der Waals surface area contributed by atoms with E-state index < -0.39 is 24.0 Å². The Labute approximate surface area is 170 Å². The number of aromatic nitrogens is 2. The van der Waals surface area contributed by atoms with Crippen LogP contribution in [0.1, 0.15) is 46.4 Å². The van der Waals surface area contributed by atoms with E-state index in [2.05, 4.69) is 34.5 Å². The van der Waals surface area contributed by atoms with Gasteiger partial charge >= 0.3 is 6.18 Å². The second kappa shape index (κ2) is 11.4. The molecule has 10 heteroatoms. The van der Waals surface area contributed by atoms with E-state index in [-0.39, 0.29) is 12.6 Å². The molecule has 0 spiro atoms. The molecule has 0 aliphatic heterocycles. The Morgan fingerprint density at radius 2 is 2.00 bits per heavy atom. The van der Waals surface area contributed by atoms with E-state index in [0.29, 0.717) is 38.0 Å². The van der Waals surface area contributed by atoms with Crippen LogP contribution in [-0.4, -0.2) is 59.1 Å². The molecule has 0 saturated carbocycles. The fourth-order valence-electron chi connectivity index (χ4n) is 2.97. The first-order valence-corrected chi connectivity index (χ1v) is 9.97. The lowest BCUT2D eigenvalue weighted by Crippen LogP contribution is -2.48. The summed E-state index contributed by atoms with van der Waals surface area (Å²) in [6.07, 6.45) is -2.07. The van der Waals surface area contributed by atoms with E-state index in [4.69, 9.17) is 4.74 Å². The van der Waals surface area contributed by atoms with Gasteiger partial charge in [0.15, 0.2) is 5.96 Å². The summed E-state index contributed by atoms with van der Waals surface area (Å²) < 4.78 is 47.6. The zero-order valence-electron chi connectivity index (χ0n) is 17.9. The molecule has 0 aliphatic carbocycles. The number of rotatable bonds is 11. The van der Waals surface area contributed by atoms with Gasteiger partial charge in [-0.3, -0.25) is 4.99 Å². The molecule has 0 saturated heterocycles. The van der Waals surface area contributed by atoms with Crippen LogP contribution in [0.3, 0.4) is 0 Å². The van der Waals surface area contributed by atoms with Gasteiger partial charge in [-0.1, -0.05) is 13.8 Å². The lowest BCUT2D eigenvalue weighted by atomic mass is 9.97. The molecule has 0 radical (unpaired) electrons. The van der Waals surface area contributed by atoms with Crippen LogP contribution in [0.15, 0.2) is 17.4 Å². The summed E-state index contributed by atoms with van der Waals surface area (Å²) in [7, 11) is 1.42. The number of halogens is 3. The van der Waals surface area contributed by atoms with Crippen molar-refractivity contribution in [3.05, 3.63) is 18.2 Å². The summed E-state index contributed by atoms with van der Waals surface area (Å²) in [5, 5.41) is 16.2. The van der Waals surface area contributed by atoms with Crippen molar-refractivity contribution in [2.75, 3.05) is 26.2 Å². The number of imidazole rings is 1. The molecule has 29 heavy (non-hydrogen) atoms. The maximum Gasteiger partial charge on any atom is 0.424 e. The average Bonchev–Trinajstić information content (AvgIpc) is 3.06. The van der Waals surface area contributed by atoms with Gasteiger partial charge in [0.2, 0.25) is 5.60 Å². The molecular weight excluding hydrogens is 387 g/mol. The van der Waals surface area contributed by atoms with Gasteiger partial charge in [0.1, 0.15) is 5.82 Å². The van der Waals surface area contributed by atoms with Gasteiger partial charge in [-0.15, -0.1) is 0 Å². The quantitative estimate of drug-likeness (QED) is 0.378. The molecule has 0 bridgehead atoms. The highest BCUT2D eigenvalue weighted by molar-refractivity contribution is 5.79. The molecule has 2 unspecified atom stereocenters. The van der Waals surface area contributed by atoms with E-state index in [0.717, 1.165) is 0 Å². The molecule has 7 nitrogen and oxygen atoms in total. The summed E-state index contributed by atoms with van der Waals surface area (Å²) in [6.45, 7) is 9.48. The van der Waals surface area contributed by atoms with E-state index >= 15 is 0 Å². The molecule has 3 N–H and O–H groups in total. The molecule has 1 heterocycles. The van der Waals surface area contributed by atoms with Crippen LogP contribution in [-0.2, 0) is 17.4 Å². The Morgan fingerprint density at radius 1 is 1.31 bits per heavy atom. The van der Waals surface area contributed by atoms with E-state index in [1.54, 1.807) is 0 Å². The van der Waals surface area contributed by atoms with Crippen molar-refractivity contribution in [3.63, 3.8) is 0 Å². The maximum absolute atomic E-state index is 13.6. The molecule has 0 aromatic carbocycles. The molecule has 1 rings (SSSR count). The number of aryl methyl sites for hydroxylation is 1. The van der Waals surface area contributed by atoms with Crippen LogP contribution in [0, 0.1) is 5.92 Å². The number of aliphatic hydroxyl groups is 1. The highest BCUT2D eigenvalue weighted by atomic mass is 19.4. The number of guanidine groups is 1. The van der Waals surface area contributed by atoms with E-state index in [9.17, 15) is 18.3 Å². The van der Waals surface area contributed by atoms with Crippen molar-refractivity contribution in [2.24, 2.45) is 18.0 Å². The van der Waals surface area contributed by atoms with Gasteiger partial charge in [0.25, 0.3) is 0 Å². The van der Waals surface area contributed by atoms with Gasteiger partial charge in [-0.25, -0.2) is 4.98 Å². The molecule has 0 aliphatic rings. The Bertz CT molecular complexity index is 634. The van der Waals surface area contributed by atoms with Gasteiger partial charge < -0.3 is 25.0 Å².